The highest BCUT2D eigenvalue weighted by molar-refractivity contribution is 7.82. The molecular formula is C10H20N2O6S. The quantitative estimate of drug-likeness (QED) is 0.634. The summed E-state index contributed by atoms with van der Waals surface area (Å²) in [4.78, 5) is 3.54. The van der Waals surface area contributed by atoms with E-state index in [1.807, 2.05) is 4.90 Å². The Morgan fingerprint density at radius 2 is 1.74 bits per heavy atom. The maximum absolute atomic E-state index is 11.1. The molecule has 2 fully saturated rings. The van der Waals surface area contributed by atoms with Gasteiger partial charge in [0, 0.05) is 26.2 Å². The Hall–Kier alpha value is -0.290. The lowest BCUT2D eigenvalue weighted by molar-refractivity contribution is -0.306. The van der Waals surface area contributed by atoms with Gasteiger partial charge in [-0.3, -0.25) is 4.90 Å². The van der Waals surface area contributed by atoms with E-state index in [1.54, 1.807) is 18.7 Å². The molecule has 0 bridgehead atoms. The van der Waals surface area contributed by atoms with Crippen molar-refractivity contribution in [1.29, 1.82) is 0 Å². The van der Waals surface area contributed by atoms with Crippen molar-refractivity contribution in [2.45, 2.75) is 32.0 Å². The van der Waals surface area contributed by atoms with Crippen molar-refractivity contribution in [3.05, 3.63) is 0 Å². The van der Waals surface area contributed by atoms with Gasteiger partial charge >= 0.3 is 10.4 Å². The van der Waals surface area contributed by atoms with E-state index >= 15 is 0 Å². The number of hydrogen-bond acceptors (Lipinski definition) is 8. The molecule has 0 radical (unpaired) electrons. The molecule has 2 unspecified atom stereocenters. The molecule has 2 atom stereocenters. The largest absolute Gasteiger partial charge is 0.407 e. The number of aliphatic hydroxyl groups is 2. The van der Waals surface area contributed by atoms with Crippen LogP contribution in [0, 0.1) is 0 Å². The smallest absolute Gasteiger partial charge is 0.392 e. The SMILES string of the molecule is CC(O)CN1CCN(CC(C)O)C2(C1)OS(=O)(=O)O2. The third-order valence-corrected chi connectivity index (χ3v) is 3.99. The van der Waals surface area contributed by atoms with E-state index in [-0.39, 0.29) is 13.1 Å². The Morgan fingerprint density at radius 1 is 1.16 bits per heavy atom. The van der Waals surface area contributed by atoms with Crippen LogP contribution in [0.1, 0.15) is 13.8 Å². The first-order chi connectivity index (χ1) is 8.72. The molecule has 0 saturated carbocycles. The number of hydrogen-bond donors (Lipinski definition) is 2. The van der Waals surface area contributed by atoms with Gasteiger partial charge in [-0.05, 0) is 13.8 Å². The molecule has 0 aromatic carbocycles. The van der Waals surface area contributed by atoms with Gasteiger partial charge in [0.2, 0.25) is 0 Å². The minimum atomic E-state index is -3.92. The maximum atomic E-state index is 11.1. The zero-order chi connectivity index (χ0) is 14.3. The van der Waals surface area contributed by atoms with Gasteiger partial charge in [0.15, 0.2) is 0 Å². The van der Waals surface area contributed by atoms with Crippen molar-refractivity contribution >= 4 is 10.4 Å². The first kappa shape index (κ1) is 15.1. The standard InChI is InChI=1S/C10H20N2O6S/c1-8(13)5-11-3-4-12(6-9(2)14)10(7-11)17-19(15,16)18-10/h8-9,13-14H,3-7H2,1-2H3. The van der Waals surface area contributed by atoms with Gasteiger partial charge < -0.3 is 10.2 Å². The van der Waals surface area contributed by atoms with Crippen molar-refractivity contribution in [3.8, 4) is 0 Å². The van der Waals surface area contributed by atoms with Crippen LogP contribution < -0.4 is 0 Å². The molecule has 0 aromatic rings. The van der Waals surface area contributed by atoms with E-state index in [2.05, 4.69) is 0 Å². The van der Waals surface area contributed by atoms with E-state index in [9.17, 15) is 18.6 Å². The molecular weight excluding hydrogens is 276 g/mol. The van der Waals surface area contributed by atoms with Crippen LogP contribution in [0.5, 0.6) is 0 Å². The Kier molecular flexibility index (Phi) is 4.17. The Labute approximate surface area is 112 Å². The molecule has 1 spiro atoms. The lowest BCUT2D eigenvalue weighted by Crippen LogP contribution is -2.72. The molecule has 2 aliphatic heterocycles. The topological polar surface area (TPSA) is 99.5 Å². The fourth-order valence-corrected chi connectivity index (χ4v) is 3.42. The van der Waals surface area contributed by atoms with Crippen LogP contribution in [0.3, 0.4) is 0 Å². The van der Waals surface area contributed by atoms with Crippen molar-refractivity contribution < 1.29 is 27.0 Å². The number of nitrogens with zero attached hydrogens (tertiary/aromatic N) is 2. The second-order valence-electron chi connectivity index (χ2n) is 5.17. The molecule has 8 nitrogen and oxygen atoms in total. The summed E-state index contributed by atoms with van der Waals surface area (Å²) in [6.45, 7) is 5.30. The van der Waals surface area contributed by atoms with E-state index in [1.165, 1.54) is 0 Å². The lowest BCUT2D eigenvalue weighted by atomic mass is 10.2. The van der Waals surface area contributed by atoms with Crippen LogP contribution in [-0.4, -0.2) is 79.3 Å². The molecule has 9 heteroatoms. The third-order valence-electron chi connectivity index (χ3n) is 3.06. The van der Waals surface area contributed by atoms with Gasteiger partial charge in [-0.1, -0.05) is 0 Å². The molecule has 0 aromatic heterocycles. The minimum Gasteiger partial charge on any atom is -0.392 e. The van der Waals surface area contributed by atoms with Gasteiger partial charge in [-0.2, -0.15) is 16.8 Å². The molecule has 19 heavy (non-hydrogen) atoms. The Morgan fingerprint density at radius 3 is 2.21 bits per heavy atom. The maximum Gasteiger partial charge on any atom is 0.407 e. The fourth-order valence-electron chi connectivity index (χ4n) is 2.46. The zero-order valence-corrected chi connectivity index (χ0v) is 11.8. The first-order valence-electron chi connectivity index (χ1n) is 6.22. The minimum absolute atomic E-state index is 0.212. The van der Waals surface area contributed by atoms with Crippen LogP contribution in [0.2, 0.25) is 0 Å². The second kappa shape index (κ2) is 5.24. The summed E-state index contributed by atoms with van der Waals surface area (Å²) in [7, 11) is -3.92. The summed E-state index contributed by atoms with van der Waals surface area (Å²) in [5.74, 6) is -1.36. The summed E-state index contributed by atoms with van der Waals surface area (Å²) < 4.78 is 32.1. The molecule has 2 rings (SSSR count). The van der Waals surface area contributed by atoms with Gasteiger partial charge in [0.1, 0.15) is 0 Å². The summed E-state index contributed by atoms with van der Waals surface area (Å²) >= 11 is 0. The van der Waals surface area contributed by atoms with Crippen molar-refractivity contribution in [2.75, 3.05) is 32.7 Å². The number of rotatable bonds is 4. The summed E-state index contributed by atoms with van der Waals surface area (Å²) in [6, 6.07) is 0. The van der Waals surface area contributed by atoms with E-state index in [4.69, 9.17) is 8.37 Å². The number of β-amino-alcohol motifs (C(OH)–C–C–N with tert-alkyl or cyclic N) is 2. The molecule has 2 aliphatic rings. The normalized spacial score (nSPS) is 29.9. The van der Waals surface area contributed by atoms with Gasteiger partial charge in [-0.15, -0.1) is 0 Å². The van der Waals surface area contributed by atoms with Crippen LogP contribution >= 0.6 is 0 Å². The van der Waals surface area contributed by atoms with Crippen LogP contribution in [0.4, 0.5) is 0 Å². The van der Waals surface area contributed by atoms with Gasteiger partial charge in [0.25, 0.3) is 5.91 Å². The first-order valence-corrected chi connectivity index (χ1v) is 7.55. The molecule has 2 heterocycles. The predicted octanol–water partition coefficient (Wildman–Crippen LogP) is -1.69. The molecule has 0 aliphatic carbocycles. The van der Waals surface area contributed by atoms with Crippen LogP contribution in [0.25, 0.3) is 0 Å². The molecule has 2 saturated heterocycles. The highest BCUT2D eigenvalue weighted by Crippen LogP contribution is 2.37. The van der Waals surface area contributed by atoms with Crippen LogP contribution in [0.15, 0.2) is 0 Å². The Balaban J connectivity index is 2.07. The predicted molar refractivity (Wildman–Crippen MR) is 65.2 cm³/mol. The Bertz CT molecular complexity index is 412. The molecule has 0 amide bonds. The van der Waals surface area contributed by atoms with Crippen molar-refractivity contribution in [3.63, 3.8) is 0 Å². The van der Waals surface area contributed by atoms with Gasteiger partial charge in [0.05, 0.1) is 18.8 Å². The van der Waals surface area contributed by atoms with Crippen molar-refractivity contribution in [2.24, 2.45) is 0 Å². The van der Waals surface area contributed by atoms with E-state index in [0.29, 0.717) is 19.6 Å². The average Bonchev–Trinajstić information content (AvgIpc) is 2.17. The van der Waals surface area contributed by atoms with Gasteiger partial charge in [-0.25, -0.2) is 4.90 Å². The summed E-state index contributed by atoms with van der Waals surface area (Å²) in [5, 5.41) is 18.8. The second-order valence-corrected chi connectivity index (χ2v) is 6.32. The monoisotopic (exact) mass is 296 g/mol. The van der Waals surface area contributed by atoms with E-state index in [0.717, 1.165) is 0 Å². The fraction of sp³-hybridized carbons (Fsp3) is 1.00. The van der Waals surface area contributed by atoms with Crippen LogP contribution in [-0.2, 0) is 18.8 Å². The summed E-state index contributed by atoms with van der Waals surface area (Å²) in [6.07, 6.45) is -1.13. The number of piperazine rings is 1. The third kappa shape index (κ3) is 3.43. The van der Waals surface area contributed by atoms with Crippen molar-refractivity contribution in [1.82, 2.24) is 9.80 Å². The highest BCUT2D eigenvalue weighted by atomic mass is 32.3. The number of aliphatic hydroxyl groups excluding tert-OH is 2. The highest BCUT2D eigenvalue weighted by Gasteiger charge is 2.59. The summed E-state index contributed by atoms with van der Waals surface area (Å²) in [5.41, 5.74) is 0. The van der Waals surface area contributed by atoms with E-state index < -0.39 is 28.5 Å². The zero-order valence-electron chi connectivity index (χ0n) is 11.0. The lowest BCUT2D eigenvalue weighted by Gasteiger charge is -2.52. The molecule has 112 valence electrons. The average molecular weight is 296 g/mol. The molecule has 2 N–H and O–H groups in total.